The van der Waals surface area contributed by atoms with E-state index in [9.17, 15) is 5.11 Å². The number of hydrogen-bond donors (Lipinski definition) is 2. The zero-order valence-corrected chi connectivity index (χ0v) is 11.2. The highest BCUT2D eigenvalue weighted by Crippen LogP contribution is 2.29. The first-order valence-electron chi connectivity index (χ1n) is 5.84. The van der Waals surface area contributed by atoms with Crippen molar-refractivity contribution in [1.82, 2.24) is 9.97 Å². The van der Waals surface area contributed by atoms with Crippen LogP contribution in [0.15, 0.2) is 17.5 Å². The van der Waals surface area contributed by atoms with Gasteiger partial charge in [-0.15, -0.1) is 11.3 Å². The highest BCUT2D eigenvalue weighted by atomic mass is 32.1. The number of thiophene rings is 1. The summed E-state index contributed by atoms with van der Waals surface area (Å²) in [5.74, 6) is 1.35. The molecule has 2 heterocycles. The molecular weight excluding hydrogens is 232 g/mol. The zero-order valence-electron chi connectivity index (χ0n) is 10.4. The number of aromatic amines is 1. The molecule has 17 heavy (non-hydrogen) atoms. The topological polar surface area (TPSA) is 48.9 Å². The number of aromatic nitrogens is 2. The maximum atomic E-state index is 9.42. The van der Waals surface area contributed by atoms with Crippen molar-refractivity contribution < 1.29 is 5.11 Å². The van der Waals surface area contributed by atoms with Crippen molar-refractivity contribution in [3.63, 3.8) is 0 Å². The van der Waals surface area contributed by atoms with Crippen LogP contribution in [0.5, 0.6) is 0 Å². The number of H-pyrrole nitrogens is 1. The normalized spacial score (nSPS) is 13.2. The second-order valence-corrected chi connectivity index (χ2v) is 5.55. The molecule has 2 N–H and O–H groups in total. The van der Waals surface area contributed by atoms with Crippen molar-refractivity contribution >= 4 is 11.3 Å². The first-order valence-corrected chi connectivity index (χ1v) is 6.72. The second kappa shape index (κ2) is 5.02. The molecule has 0 spiro atoms. The van der Waals surface area contributed by atoms with Crippen LogP contribution < -0.4 is 0 Å². The smallest absolute Gasteiger partial charge is 0.112 e. The summed E-state index contributed by atoms with van der Waals surface area (Å²) in [5.41, 5.74) is 2.08. The van der Waals surface area contributed by atoms with Crippen LogP contribution in [0.4, 0.5) is 0 Å². The lowest BCUT2D eigenvalue weighted by Crippen LogP contribution is -2.12. The van der Waals surface area contributed by atoms with Crippen LogP contribution >= 0.6 is 11.3 Å². The van der Waals surface area contributed by atoms with Crippen LogP contribution in [0.25, 0.3) is 10.6 Å². The number of aryl methyl sites for hydroxylation is 1. The van der Waals surface area contributed by atoms with Crippen LogP contribution in [-0.4, -0.2) is 21.7 Å². The number of rotatable bonds is 4. The van der Waals surface area contributed by atoms with E-state index in [2.05, 4.69) is 35.3 Å². The largest absolute Gasteiger partial charge is 0.396 e. The summed E-state index contributed by atoms with van der Waals surface area (Å²) < 4.78 is 0. The monoisotopic (exact) mass is 250 g/mol. The molecule has 4 heteroatoms. The van der Waals surface area contributed by atoms with Gasteiger partial charge in [0, 0.05) is 11.6 Å². The molecular formula is C13H18N2OS. The summed E-state index contributed by atoms with van der Waals surface area (Å²) in [7, 11) is 0. The SMILES string of the molecule is Cc1[nH]c(C(CO)C(C)C)nc1-c1cccs1. The maximum absolute atomic E-state index is 9.42. The molecule has 0 bridgehead atoms. The van der Waals surface area contributed by atoms with Gasteiger partial charge in [-0.3, -0.25) is 0 Å². The van der Waals surface area contributed by atoms with E-state index in [1.807, 2.05) is 13.0 Å². The van der Waals surface area contributed by atoms with Crippen LogP contribution in [0, 0.1) is 12.8 Å². The highest BCUT2D eigenvalue weighted by Gasteiger charge is 2.20. The molecule has 0 amide bonds. The van der Waals surface area contributed by atoms with Crippen molar-refractivity contribution in [2.45, 2.75) is 26.7 Å². The van der Waals surface area contributed by atoms with Gasteiger partial charge in [0.05, 0.1) is 11.5 Å². The number of nitrogens with zero attached hydrogens (tertiary/aromatic N) is 1. The number of imidazole rings is 1. The third kappa shape index (κ3) is 2.42. The van der Waals surface area contributed by atoms with Crippen molar-refractivity contribution in [2.24, 2.45) is 5.92 Å². The van der Waals surface area contributed by atoms with Crippen LogP contribution in [0.2, 0.25) is 0 Å². The minimum atomic E-state index is 0.0856. The average molecular weight is 250 g/mol. The molecule has 2 aromatic rings. The number of nitrogens with one attached hydrogen (secondary N) is 1. The Balaban J connectivity index is 2.36. The molecule has 0 aliphatic carbocycles. The molecule has 2 aromatic heterocycles. The molecule has 0 radical (unpaired) electrons. The molecule has 2 rings (SSSR count). The van der Waals surface area contributed by atoms with E-state index in [1.165, 1.54) is 4.88 Å². The van der Waals surface area contributed by atoms with Gasteiger partial charge >= 0.3 is 0 Å². The van der Waals surface area contributed by atoms with Crippen LogP contribution in [0.1, 0.15) is 31.3 Å². The molecule has 1 unspecified atom stereocenters. The van der Waals surface area contributed by atoms with Crippen molar-refractivity contribution in [2.75, 3.05) is 6.61 Å². The van der Waals surface area contributed by atoms with Gasteiger partial charge in [0.1, 0.15) is 11.5 Å². The minimum absolute atomic E-state index is 0.0856. The Morgan fingerprint density at radius 1 is 1.47 bits per heavy atom. The second-order valence-electron chi connectivity index (χ2n) is 4.61. The Morgan fingerprint density at radius 3 is 2.76 bits per heavy atom. The summed E-state index contributed by atoms with van der Waals surface area (Å²) in [6.45, 7) is 6.36. The fourth-order valence-electron chi connectivity index (χ4n) is 1.93. The highest BCUT2D eigenvalue weighted by molar-refractivity contribution is 7.13. The molecule has 0 saturated carbocycles. The molecule has 0 aliphatic heterocycles. The van der Waals surface area contributed by atoms with Gasteiger partial charge in [-0.25, -0.2) is 4.98 Å². The lowest BCUT2D eigenvalue weighted by Gasteiger charge is -2.14. The molecule has 0 aliphatic rings. The standard InChI is InChI=1S/C13H18N2OS/c1-8(2)10(7-16)13-14-9(3)12(15-13)11-5-4-6-17-11/h4-6,8,10,16H,7H2,1-3H3,(H,14,15). The summed E-state index contributed by atoms with van der Waals surface area (Å²) in [6.07, 6.45) is 0. The molecule has 1 atom stereocenters. The lowest BCUT2D eigenvalue weighted by atomic mass is 9.96. The quantitative estimate of drug-likeness (QED) is 0.875. The first-order chi connectivity index (χ1) is 8.13. The van der Waals surface area contributed by atoms with Gasteiger partial charge in [-0.1, -0.05) is 19.9 Å². The van der Waals surface area contributed by atoms with E-state index < -0.39 is 0 Å². The predicted molar refractivity (Wildman–Crippen MR) is 71.3 cm³/mol. The van der Waals surface area contributed by atoms with Gasteiger partial charge in [-0.2, -0.15) is 0 Å². The van der Waals surface area contributed by atoms with E-state index in [0.717, 1.165) is 17.2 Å². The molecule has 92 valence electrons. The fraction of sp³-hybridized carbons (Fsp3) is 0.462. The van der Waals surface area contributed by atoms with Crippen molar-refractivity contribution in [1.29, 1.82) is 0 Å². The summed E-state index contributed by atoms with van der Waals surface area (Å²) >= 11 is 1.69. The van der Waals surface area contributed by atoms with E-state index in [0.29, 0.717) is 5.92 Å². The van der Waals surface area contributed by atoms with Gasteiger partial charge < -0.3 is 10.1 Å². The molecule has 0 saturated heterocycles. The van der Waals surface area contributed by atoms with Gasteiger partial charge in [-0.05, 0) is 24.3 Å². The number of aliphatic hydroxyl groups excluding tert-OH is 1. The van der Waals surface area contributed by atoms with E-state index in [4.69, 9.17) is 0 Å². The third-order valence-corrected chi connectivity index (χ3v) is 3.89. The maximum Gasteiger partial charge on any atom is 0.112 e. The third-order valence-electron chi connectivity index (χ3n) is 3.01. The zero-order chi connectivity index (χ0) is 12.4. The Kier molecular flexibility index (Phi) is 3.64. The number of hydrogen-bond acceptors (Lipinski definition) is 3. The van der Waals surface area contributed by atoms with Gasteiger partial charge in [0.2, 0.25) is 0 Å². The van der Waals surface area contributed by atoms with E-state index in [-0.39, 0.29) is 12.5 Å². The predicted octanol–water partition coefficient (Wildman–Crippen LogP) is 3.18. The van der Waals surface area contributed by atoms with E-state index >= 15 is 0 Å². The number of aliphatic hydroxyl groups is 1. The van der Waals surface area contributed by atoms with Gasteiger partial charge in [0.25, 0.3) is 0 Å². The average Bonchev–Trinajstić information content (AvgIpc) is 2.87. The van der Waals surface area contributed by atoms with Gasteiger partial charge in [0.15, 0.2) is 0 Å². The Morgan fingerprint density at radius 2 is 2.24 bits per heavy atom. The first kappa shape index (κ1) is 12.3. The summed E-state index contributed by atoms with van der Waals surface area (Å²) in [5, 5.41) is 11.5. The summed E-state index contributed by atoms with van der Waals surface area (Å²) in [4.78, 5) is 9.11. The fourth-order valence-corrected chi connectivity index (χ4v) is 2.70. The Hall–Kier alpha value is -1.13. The van der Waals surface area contributed by atoms with Crippen LogP contribution in [0.3, 0.4) is 0 Å². The Labute approximate surface area is 106 Å². The minimum Gasteiger partial charge on any atom is -0.396 e. The van der Waals surface area contributed by atoms with Crippen molar-refractivity contribution in [3.05, 3.63) is 29.0 Å². The van der Waals surface area contributed by atoms with Crippen LogP contribution in [-0.2, 0) is 0 Å². The molecule has 0 aromatic carbocycles. The molecule has 0 fully saturated rings. The molecule has 3 nitrogen and oxygen atoms in total. The lowest BCUT2D eigenvalue weighted by molar-refractivity contribution is 0.232. The Bertz CT molecular complexity index is 474. The summed E-state index contributed by atoms with van der Waals surface area (Å²) in [6, 6.07) is 4.10. The van der Waals surface area contributed by atoms with Crippen molar-refractivity contribution in [3.8, 4) is 10.6 Å². The van der Waals surface area contributed by atoms with E-state index in [1.54, 1.807) is 11.3 Å².